The molecule has 0 radical (unpaired) electrons. The fourth-order valence-electron chi connectivity index (χ4n) is 4.10. The largest absolute Gasteiger partial charge is 0.377 e. The van der Waals surface area contributed by atoms with Crippen molar-refractivity contribution < 1.29 is 14.3 Å². The van der Waals surface area contributed by atoms with Crippen molar-refractivity contribution in [3.8, 4) is 6.07 Å². The first kappa shape index (κ1) is 21.6. The van der Waals surface area contributed by atoms with Gasteiger partial charge in [0.1, 0.15) is 17.5 Å². The molecule has 8 heteroatoms. The molecule has 1 amide bonds. The zero-order valence-electron chi connectivity index (χ0n) is 17.2. The van der Waals surface area contributed by atoms with E-state index in [4.69, 9.17) is 26.3 Å². The summed E-state index contributed by atoms with van der Waals surface area (Å²) in [5, 5.41) is 12.8. The summed E-state index contributed by atoms with van der Waals surface area (Å²) in [5.41, 5.74) is 0.950. The number of aromatic nitrogens is 1. The lowest BCUT2D eigenvalue weighted by atomic mass is 9.99. The molecule has 2 atom stereocenters. The molecule has 1 N–H and O–H groups in total. The molecule has 1 spiro atoms. The van der Waals surface area contributed by atoms with Crippen LogP contribution in [0, 0.1) is 11.3 Å². The first-order valence-corrected chi connectivity index (χ1v) is 10.8. The predicted octanol–water partition coefficient (Wildman–Crippen LogP) is 3.04. The molecule has 7 nitrogen and oxygen atoms in total. The average molecular weight is 441 g/mol. The number of amides is 1. The highest BCUT2D eigenvalue weighted by Gasteiger charge is 2.43. The zero-order valence-corrected chi connectivity index (χ0v) is 18.0. The molecule has 162 valence electrons. The number of benzene rings is 1. The second-order valence-electron chi connectivity index (χ2n) is 8.06. The van der Waals surface area contributed by atoms with Crippen molar-refractivity contribution in [2.75, 3.05) is 38.2 Å². The Kier molecular flexibility index (Phi) is 6.71. The summed E-state index contributed by atoms with van der Waals surface area (Å²) >= 11 is 6.05. The predicted molar refractivity (Wildman–Crippen MR) is 117 cm³/mol. The van der Waals surface area contributed by atoms with Crippen LogP contribution in [0.1, 0.15) is 24.0 Å². The number of carbonyl (C=O) groups excluding carboxylic acids is 1. The van der Waals surface area contributed by atoms with Crippen LogP contribution < -0.4 is 5.32 Å². The third-order valence-electron chi connectivity index (χ3n) is 5.69. The second-order valence-corrected chi connectivity index (χ2v) is 8.50. The van der Waals surface area contributed by atoms with E-state index in [0.717, 1.165) is 18.4 Å². The molecule has 0 aliphatic carbocycles. The molecular weight excluding hydrogens is 416 g/mol. The maximum Gasteiger partial charge on any atom is 0.227 e. The van der Waals surface area contributed by atoms with Crippen LogP contribution in [-0.2, 0) is 20.7 Å². The number of nitrogens with one attached hydrogen (secondary N) is 1. The number of nitriles is 1. The van der Waals surface area contributed by atoms with E-state index in [1.165, 1.54) is 0 Å². The topological polar surface area (TPSA) is 87.5 Å². The van der Waals surface area contributed by atoms with Crippen molar-refractivity contribution >= 4 is 23.3 Å². The lowest BCUT2D eigenvalue weighted by Crippen LogP contribution is -2.47. The summed E-state index contributed by atoms with van der Waals surface area (Å²) < 4.78 is 12.2. The number of pyridine rings is 1. The van der Waals surface area contributed by atoms with E-state index in [0.29, 0.717) is 55.7 Å². The van der Waals surface area contributed by atoms with Gasteiger partial charge in [-0.1, -0.05) is 23.7 Å². The Hall–Kier alpha value is -2.66. The monoisotopic (exact) mass is 440 g/mol. The van der Waals surface area contributed by atoms with Crippen LogP contribution >= 0.6 is 11.6 Å². The maximum absolute atomic E-state index is 12.9. The fourth-order valence-corrected chi connectivity index (χ4v) is 4.31. The molecule has 2 aromatic rings. The van der Waals surface area contributed by atoms with Gasteiger partial charge in [0, 0.05) is 24.3 Å². The van der Waals surface area contributed by atoms with Crippen LogP contribution in [0.4, 0.5) is 5.82 Å². The Morgan fingerprint density at radius 2 is 2.29 bits per heavy atom. The molecular formula is C23H25ClN4O3. The average Bonchev–Trinajstić information content (AvgIpc) is 3.04. The fraction of sp³-hybridized carbons (Fsp3) is 0.435. The highest BCUT2D eigenvalue weighted by atomic mass is 35.5. The van der Waals surface area contributed by atoms with E-state index in [2.05, 4.69) is 16.4 Å². The summed E-state index contributed by atoms with van der Waals surface area (Å²) in [6.45, 7) is 2.68. The number of anilines is 1. The van der Waals surface area contributed by atoms with E-state index in [9.17, 15) is 4.79 Å². The number of rotatable bonds is 5. The summed E-state index contributed by atoms with van der Waals surface area (Å²) in [4.78, 5) is 19.0. The van der Waals surface area contributed by atoms with Gasteiger partial charge in [-0.25, -0.2) is 4.98 Å². The van der Waals surface area contributed by atoms with Crippen molar-refractivity contribution in [1.29, 1.82) is 5.26 Å². The number of hydrogen-bond donors (Lipinski definition) is 1. The lowest BCUT2D eigenvalue weighted by molar-refractivity contribution is -0.135. The lowest BCUT2D eigenvalue weighted by Gasteiger charge is -2.32. The highest BCUT2D eigenvalue weighted by Crippen LogP contribution is 2.33. The van der Waals surface area contributed by atoms with E-state index >= 15 is 0 Å². The minimum absolute atomic E-state index is 0.00373. The van der Waals surface area contributed by atoms with E-state index in [-0.39, 0.29) is 12.0 Å². The summed E-state index contributed by atoms with van der Waals surface area (Å²) in [6, 6.07) is 13.0. The normalized spacial score (nSPS) is 23.4. The number of nitrogens with zero attached hydrogens (tertiary/aromatic N) is 3. The van der Waals surface area contributed by atoms with E-state index < -0.39 is 5.60 Å². The van der Waals surface area contributed by atoms with Gasteiger partial charge in [0.2, 0.25) is 5.91 Å². The molecule has 2 aliphatic rings. The van der Waals surface area contributed by atoms with E-state index in [1.807, 2.05) is 23.1 Å². The van der Waals surface area contributed by atoms with Crippen LogP contribution in [-0.4, -0.2) is 60.3 Å². The Bertz CT molecular complexity index is 962. The molecule has 0 unspecified atom stereocenters. The van der Waals surface area contributed by atoms with Crippen LogP contribution in [0.5, 0.6) is 0 Å². The SMILES string of the molecule is N#Cc1ccc(NC[C@@H]2CC[C@@]3(COCCN(C(=O)Cc4cccc(Cl)c4)C3)O2)nc1. The summed E-state index contributed by atoms with van der Waals surface area (Å²) in [6.07, 6.45) is 3.57. The molecule has 0 bridgehead atoms. The molecule has 2 aliphatic heterocycles. The van der Waals surface area contributed by atoms with Crippen LogP contribution in [0.3, 0.4) is 0 Å². The van der Waals surface area contributed by atoms with Crippen molar-refractivity contribution in [1.82, 2.24) is 9.88 Å². The van der Waals surface area contributed by atoms with Crippen molar-refractivity contribution in [2.24, 2.45) is 0 Å². The van der Waals surface area contributed by atoms with Crippen molar-refractivity contribution in [2.45, 2.75) is 31.0 Å². The number of halogens is 1. The molecule has 3 heterocycles. The van der Waals surface area contributed by atoms with Crippen molar-refractivity contribution in [3.63, 3.8) is 0 Å². The summed E-state index contributed by atoms with van der Waals surface area (Å²) in [5.74, 6) is 0.762. The Morgan fingerprint density at radius 1 is 1.39 bits per heavy atom. The van der Waals surface area contributed by atoms with Gasteiger partial charge in [0.25, 0.3) is 0 Å². The van der Waals surface area contributed by atoms with Gasteiger partial charge in [-0.15, -0.1) is 0 Å². The first-order chi connectivity index (χ1) is 15.0. The van der Waals surface area contributed by atoms with Crippen LogP contribution in [0.25, 0.3) is 0 Å². The van der Waals surface area contributed by atoms with Gasteiger partial charge in [0.05, 0.1) is 37.8 Å². The smallest absolute Gasteiger partial charge is 0.227 e. The van der Waals surface area contributed by atoms with Crippen LogP contribution in [0.15, 0.2) is 42.6 Å². The van der Waals surface area contributed by atoms with Gasteiger partial charge >= 0.3 is 0 Å². The van der Waals surface area contributed by atoms with Gasteiger partial charge in [-0.2, -0.15) is 5.26 Å². The van der Waals surface area contributed by atoms with Gasteiger partial charge < -0.3 is 19.7 Å². The van der Waals surface area contributed by atoms with Crippen molar-refractivity contribution in [3.05, 3.63) is 58.7 Å². The third-order valence-corrected chi connectivity index (χ3v) is 5.92. The quantitative estimate of drug-likeness (QED) is 0.768. The minimum Gasteiger partial charge on any atom is -0.377 e. The molecule has 2 fully saturated rings. The Morgan fingerprint density at radius 3 is 3.06 bits per heavy atom. The van der Waals surface area contributed by atoms with Gasteiger partial charge in [-0.05, 0) is 42.7 Å². The molecule has 1 aromatic heterocycles. The van der Waals surface area contributed by atoms with Gasteiger partial charge in [-0.3, -0.25) is 4.79 Å². The molecule has 1 aromatic carbocycles. The molecule has 2 saturated heterocycles. The maximum atomic E-state index is 12.9. The number of carbonyl (C=O) groups is 1. The zero-order chi connectivity index (χ0) is 21.7. The molecule has 4 rings (SSSR count). The summed E-state index contributed by atoms with van der Waals surface area (Å²) in [7, 11) is 0. The number of hydrogen-bond acceptors (Lipinski definition) is 6. The molecule has 31 heavy (non-hydrogen) atoms. The van der Waals surface area contributed by atoms with Gasteiger partial charge in [0.15, 0.2) is 0 Å². The molecule has 0 saturated carbocycles. The Balaban J connectivity index is 1.34. The van der Waals surface area contributed by atoms with E-state index in [1.54, 1.807) is 24.4 Å². The highest BCUT2D eigenvalue weighted by molar-refractivity contribution is 6.30. The standard InChI is InChI=1S/C23H25ClN4O3/c24-19-3-1-2-17(10-19)11-22(29)28-8-9-30-16-23(15-28)7-6-20(31-23)14-27-21-5-4-18(12-25)13-26-21/h1-5,10,13,20H,6-9,11,14-16H2,(H,26,27)/t20-,23+/m0/s1. The first-order valence-electron chi connectivity index (χ1n) is 10.4. The third kappa shape index (κ3) is 5.53. The number of ether oxygens (including phenoxy) is 2. The Labute approximate surface area is 186 Å². The second kappa shape index (κ2) is 9.65. The minimum atomic E-state index is -0.481. The van der Waals surface area contributed by atoms with Crippen LogP contribution in [0.2, 0.25) is 5.02 Å².